The van der Waals surface area contributed by atoms with Crippen LogP contribution in [0.4, 0.5) is 4.39 Å². The summed E-state index contributed by atoms with van der Waals surface area (Å²) in [5.74, 6) is 0.705. The highest BCUT2D eigenvalue weighted by molar-refractivity contribution is 5.58. The molecule has 0 amide bonds. The first-order valence-corrected chi connectivity index (χ1v) is 6.66. The van der Waals surface area contributed by atoms with Gasteiger partial charge in [0.05, 0.1) is 6.04 Å². The zero-order chi connectivity index (χ0) is 14.1. The molecular weight excluding hydrogens is 259 g/mol. The quantitative estimate of drug-likeness (QED) is 0.906. The Labute approximate surface area is 116 Å². The summed E-state index contributed by atoms with van der Waals surface area (Å²) in [7, 11) is 2.04. The fraction of sp³-hybridized carbons (Fsp3) is 0.429. The summed E-state index contributed by atoms with van der Waals surface area (Å²) in [5, 5.41) is 7.36. The zero-order valence-corrected chi connectivity index (χ0v) is 11.6. The van der Waals surface area contributed by atoms with Crippen LogP contribution in [0.2, 0.25) is 0 Å². The number of benzene rings is 1. The lowest BCUT2D eigenvalue weighted by atomic mass is 10.1. The number of rotatable bonds is 2. The van der Waals surface area contributed by atoms with E-state index in [4.69, 9.17) is 4.52 Å². The third kappa shape index (κ3) is 2.44. The normalized spacial score (nSPS) is 20.2. The molecule has 1 unspecified atom stereocenters. The highest BCUT2D eigenvalue weighted by Gasteiger charge is 2.25. The van der Waals surface area contributed by atoms with Crippen LogP contribution in [0.5, 0.6) is 0 Å². The Bertz CT molecular complexity index is 613. The van der Waals surface area contributed by atoms with E-state index in [2.05, 4.69) is 20.4 Å². The monoisotopic (exact) mass is 276 g/mol. The van der Waals surface area contributed by atoms with Crippen LogP contribution in [0.25, 0.3) is 11.5 Å². The number of hydrogen-bond acceptors (Lipinski definition) is 5. The standard InChI is InChI=1S/C14H17FN4O/c1-9-3-4-10(15)7-11(9)14-17-13(18-20-14)12-8-16-5-6-19(12)2/h3-4,7,12,16H,5-6,8H2,1-2H3. The van der Waals surface area contributed by atoms with E-state index >= 15 is 0 Å². The third-order valence-corrected chi connectivity index (χ3v) is 3.68. The predicted molar refractivity (Wildman–Crippen MR) is 72.7 cm³/mol. The average molecular weight is 276 g/mol. The second kappa shape index (κ2) is 5.30. The van der Waals surface area contributed by atoms with Gasteiger partial charge in [0.1, 0.15) is 5.82 Å². The molecule has 1 fully saturated rings. The first-order chi connectivity index (χ1) is 9.65. The highest BCUT2D eigenvalue weighted by Crippen LogP contribution is 2.25. The van der Waals surface area contributed by atoms with E-state index in [1.165, 1.54) is 12.1 Å². The van der Waals surface area contributed by atoms with Crippen molar-refractivity contribution in [3.8, 4) is 11.5 Å². The van der Waals surface area contributed by atoms with Crippen LogP contribution < -0.4 is 5.32 Å². The van der Waals surface area contributed by atoms with Crippen molar-refractivity contribution in [3.05, 3.63) is 35.4 Å². The van der Waals surface area contributed by atoms with Gasteiger partial charge in [-0.2, -0.15) is 4.98 Å². The number of likely N-dealkylation sites (N-methyl/N-ethyl adjacent to an activating group) is 1. The van der Waals surface area contributed by atoms with Crippen molar-refractivity contribution < 1.29 is 8.91 Å². The SMILES string of the molecule is Cc1ccc(F)cc1-c1nc(C2CNCCN2C)no1. The Morgan fingerprint density at radius 2 is 2.30 bits per heavy atom. The predicted octanol–water partition coefficient (Wildman–Crippen LogP) is 1.76. The van der Waals surface area contributed by atoms with Gasteiger partial charge in [-0.3, -0.25) is 4.90 Å². The molecule has 3 rings (SSSR count). The van der Waals surface area contributed by atoms with E-state index in [0.29, 0.717) is 17.3 Å². The van der Waals surface area contributed by atoms with Crippen LogP contribution in [0, 0.1) is 12.7 Å². The average Bonchev–Trinajstić information content (AvgIpc) is 2.91. The molecule has 20 heavy (non-hydrogen) atoms. The number of nitrogens with one attached hydrogen (secondary N) is 1. The molecule has 2 aromatic rings. The molecule has 0 saturated carbocycles. The summed E-state index contributed by atoms with van der Waals surface area (Å²) in [6.45, 7) is 4.58. The van der Waals surface area contributed by atoms with Crippen LogP contribution in [-0.4, -0.2) is 41.7 Å². The van der Waals surface area contributed by atoms with Crippen LogP contribution in [0.15, 0.2) is 22.7 Å². The number of piperazine rings is 1. The van der Waals surface area contributed by atoms with E-state index in [9.17, 15) is 4.39 Å². The second-order valence-corrected chi connectivity index (χ2v) is 5.12. The van der Waals surface area contributed by atoms with Crippen LogP contribution in [0.3, 0.4) is 0 Å². The van der Waals surface area contributed by atoms with Gasteiger partial charge in [-0.1, -0.05) is 11.2 Å². The molecule has 1 aliphatic rings. The number of nitrogens with zero attached hydrogens (tertiary/aromatic N) is 3. The van der Waals surface area contributed by atoms with Crippen molar-refractivity contribution in [1.29, 1.82) is 0 Å². The van der Waals surface area contributed by atoms with Gasteiger partial charge in [0, 0.05) is 25.2 Å². The lowest BCUT2D eigenvalue weighted by Crippen LogP contribution is -2.44. The van der Waals surface area contributed by atoms with Crippen LogP contribution in [0.1, 0.15) is 17.4 Å². The number of halogens is 1. The Morgan fingerprint density at radius 3 is 3.10 bits per heavy atom. The summed E-state index contributed by atoms with van der Waals surface area (Å²) >= 11 is 0. The van der Waals surface area contributed by atoms with E-state index in [0.717, 1.165) is 25.2 Å². The van der Waals surface area contributed by atoms with Gasteiger partial charge < -0.3 is 9.84 Å². The topological polar surface area (TPSA) is 54.2 Å². The fourth-order valence-corrected chi connectivity index (χ4v) is 2.40. The van der Waals surface area contributed by atoms with Crippen molar-refractivity contribution in [2.75, 3.05) is 26.7 Å². The van der Waals surface area contributed by atoms with E-state index in [1.807, 2.05) is 14.0 Å². The molecule has 1 aromatic heterocycles. The highest BCUT2D eigenvalue weighted by atomic mass is 19.1. The molecule has 1 saturated heterocycles. The summed E-state index contributed by atoms with van der Waals surface area (Å²) in [6, 6.07) is 4.66. The first-order valence-electron chi connectivity index (χ1n) is 6.66. The lowest BCUT2D eigenvalue weighted by molar-refractivity contribution is 0.190. The van der Waals surface area contributed by atoms with E-state index < -0.39 is 0 Å². The third-order valence-electron chi connectivity index (χ3n) is 3.68. The fourth-order valence-electron chi connectivity index (χ4n) is 2.40. The summed E-state index contributed by atoms with van der Waals surface area (Å²) < 4.78 is 18.7. The largest absolute Gasteiger partial charge is 0.334 e. The molecule has 5 nitrogen and oxygen atoms in total. The Morgan fingerprint density at radius 1 is 1.45 bits per heavy atom. The van der Waals surface area contributed by atoms with Crippen LogP contribution in [-0.2, 0) is 0 Å². The Hall–Kier alpha value is -1.79. The summed E-state index contributed by atoms with van der Waals surface area (Å²) in [5.41, 5.74) is 1.56. The van der Waals surface area contributed by atoms with Crippen LogP contribution >= 0.6 is 0 Å². The van der Waals surface area contributed by atoms with Crippen molar-refractivity contribution >= 4 is 0 Å². The van der Waals surface area contributed by atoms with Gasteiger partial charge in [-0.15, -0.1) is 0 Å². The molecule has 6 heteroatoms. The summed E-state index contributed by atoms with van der Waals surface area (Å²) in [4.78, 5) is 6.61. The minimum atomic E-state index is -0.304. The molecule has 1 N–H and O–H groups in total. The minimum absolute atomic E-state index is 0.0927. The van der Waals surface area contributed by atoms with E-state index in [-0.39, 0.29) is 11.9 Å². The lowest BCUT2D eigenvalue weighted by Gasteiger charge is -2.30. The Kier molecular flexibility index (Phi) is 3.50. The van der Waals surface area contributed by atoms with Gasteiger partial charge in [-0.05, 0) is 31.7 Å². The Balaban J connectivity index is 1.91. The van der Waals surface area contributed by atoms with Crippen molar-refractivity contribution in [3.63, 3.8) is 0 Å². The maximum Gasteiger partial charge on any atom is 0.258 e. The zero-order valence-electron chi connectivity index (χ0n) is 11.6. The van der Waals surface area contributed by atoms with Gasteiger partial charge in [0.25, 0.3) is 5.89 Å². The molecule has 1 aromatic carbocycles. The van der Waals surface area contributed by atoms with Crippen molar-refractivity contribution in [1.82, 2.24) is 20.4 Å². The molecule has 0 radical (unpaired) electrons. The maximum atomic E-state index is 13.3. The molecule has 1 atom stereocenters. The molecule has 0 aliphatic carbocycles. The number of hydrogen-bond donors (Lipinski definition) is 1. The van der Waals surface area contributed by atoms with Gasteiger partial charge in [0.2, 0.25) is 0 Å². The van der Waals surface area contributed by atoms with Gasteiger partial charge in [0.15, 0.2) is 5.82 Å². The molecule has 1 aliphatic heterocycles. The van der Waals surface area contributed by atoms with Gasteiger partial charge in [-0.25, -0.2) is 4.39 Å². The maximum absolute atomic E-state index is 13.3. The molecule has 106 valence electrons. The van der Waals surface area contributed by atoms with Crippen molar-refractivity contribution in [2.24, 2.45) is 0 Å². The van der Waals surface area contributed by atoms with Gasteiger partial charge >= 0.3 is 0 Å². The molecule has 2 heterocycles. The first kappa shape index (κ1) is 13.2. The molecular formula is C14H17FN4O. The minimum Gasteiger partial charge on any atom is -0.334 e. The van der Waals surface area contributed by atoms with E-state index in [1.54, 1.807) is 6.07 Å². The van der Waals surface area contributed by atoms with Crippen molar-refractivity contribution in [2.45, 2.75) is 13.0 Å². The number of aryl methyl sites for hydroxylation is 1. The number of aromatic nitrogens is 2. The molecule has 0 spiro atoms. The molecule has 0 bridgehead atoms. The smallest absolute Gasteiger partial charge is 0.258 e. The summed E-state index contributed by atoms with van der Waals surface area (Å²) in [6.07, 6.45) is 0. The second-order valence-electron chi connectivity index (χ2n) is 5.12.